The van der Waals surface area contributed by atoms with Crippen molar-refractivity contribution in [3.05, 3.63) is 18.1 Å². The first-order chi connectivity index (χ1) is 8.72. The van der Waals surface area contributed by atoms with E-state index >= 15 is 0 Å². The smallest absolute Gasteiger partial charge is 0.129 e. The van der Waals surface area contributed by atoms with Gasteiger partial charge in [0.1, 0.15) is 12.1 Å². The summed E-state index contributed by atoms with van der Waals surface area (Å²) in [6.45, 7) is 5.61. The van der Waals surface area contributed by atoms with Gasteiger partial charge in [-0.3, -0.25) is 0 Å². The molecule has 1 N–H and O–H groups in total. The molecule has 1 aliphatic rings. The van der Waals surface area contributed by atoms with Crippen LogP contribution in [0.4, 0.5) is 5.82 Å². The Hall–Kier alpha value is -1.12. The molecule has 1 saturated carbocycles. The molecule has 0 aromatic carbocycles. The molecule has 1 heterocycles. The number of nitrogens with zero attached hydrogens (tertiary/aromatic N) is 2. The Labute approximate surface area is 110 Å². The largest absolute Gasteiger partial charge is 0.369 e. The van der Waals surface area contributed by atoms with E-state index in [0.717, 1.165) is 30.9 Å². The number of aromatic nitrogens is 2. The third-order valence-corrected chi connectivity index (χ3v) is 3.99. The van der Waals surface area contributed by atoms with Crippen LogP contribution in [0.25, 0.3) is 0 Å². The minimum atomic E-state index is 0.452. The van der Waals surface area contributed by atoms with Crippen LogP contribution in [0, 0.1) is 5.41 Å². The van der Waals surface area contributed by atoms with Crippen LogP contribution in [0.3, 0.4) is 0 Å². The molecule has 1 aliphatic carbocycles. The Morgan fingerprint density at radius 1 is 1.22 bits per heavy atom. The molecule has 100 valence electrons. The van der Waals surface area contributed by atoms with Crippen LogP contribution in [0.1, 0.15) is 58.1 Å². The number of hydrogen-bond donors (Lipinski definition) is 1. The van der Waals surface area contributed by atoms with Gasteiger partial charge >= 0.3 is 0 Å². The van der Waals surface area contributed by atoms with Gasteiger partial charge in [0.05, 0.1) is 0 Å². The first kappa shape index (κ1) is 13.3. The Morgan fingerprint density at radius 2 is 2.00 bits per heavy atom. The highest BCUT2D eigenvalue weighted by Gasteiger charge is 2.26. The number of rotatable bonds is 5. The normalized spacial score (nSPS) is 18.6. The average Bonchev–Trinajstić information content (AvgIpc) is 2.38. The second-order valence-corrected chi connectivity index (χ2v) is 5.87. The Kier molecular flexibility index (Phi) is 4.56. The van der Waals surface area contributed by atoms with Crippen molar-refractivity contribution in [3.8, 4) is 0 Å². The van der Waals surface area contributed by atoms with Crippen molar-refractivity contribution < 1.29 is 0 Å². The van der Waals surface area contributed by atoms with Gasteiger partial charge in [-0.25, -0.2) is 9.97 Å². The minimum Gasteiger partial charge on any atom is -0.369 e. The zero-order chi connectivity index (χ0) is 12.8. The number of hydrogen-bond acceptors (Lipinski definition) is 3. The molecule has 0 bridgehead atoms. The molecular formula is C15H25N3. The second-order valence-electron chi connectivity index (χ2n) is 5.87. The van der Waals surface area contributed by atoms with Crippen molar-refractivity contribution in [2.75, 3.05) is 11.9 Å². The molecule has 0 amide bonds. The fourth-order valence-corrected chi connectivity index (χ4v) is 2.77. The molecule has 1 fully saturated rings. The summed E-state index contributed by atoms with van der Waals surface area (Å²) < 4.78 is 0. The van der Waals surface area contributed by atoms with Crippen LogP contribution in [0.2, 0.25) is 0 Å². The molecule has 0 aliphatic heterocycles. The van der Waals surface area contributed by atoms with E-state index in [-0.39, 0.29) is 0 Å². The van der Waals surface area contributed by atoms with Gasteiger partial charge in [-0.2, -0.15) is 0 Å². The van der Waals surface area contributed by atoms with Gasteiger partial charge in [0.2, 0.25) is 0 Å². The van der Waals surface area contributed by atoms with Gasteiger partial charge in [0.15, 0.2) is 0 Å². The van der Waals surface area contributed by atoms with Crippen molar-refractivity contribution in [3.63, 3.8) is 0 Å². The summed E-state index contributed by atoms with van der Waals surface area (Å²) >= 11 is 0. The van der Waals surface area contributed by atoms with Crippen LogP contribution >= 0.6 is 0 Å². The maximum Gasteiger partial charge on any atom is 0.129 e. The molecule has 1 aromatic heterocycles. The Morgan fingerprint density at radius 3 is 2.72 bits per heavy atom. The molecular weight excluding hydrogens is 222 g/mol. The van der Waals surface area contributed by atoms with Crippen molar-refractivity contribution in [2.45, 2.75) is 58.8 Å². The van der Waals surface area contributed by atoms with E-state index in [1.54, 1.807) is 6.33 Å². The lowest BCUT2D eigenvalue weighted by molar-refractivity contribution is 0.233. The van der Waals surface area contributed by atoms with Crippen molar-refractivity contribution in [1.29, 1.82) is 0 Å². The molecule has 1 aromatic rings. The van der Waals surface area contributed by atoms with Gasteiger partial charge in [-0.15, -0.1) is 0 Å². The van der Waals surface area contributed by atoms with Gasteiger partial charge in [0.25, 0.3) is 0 Å². The van der Waals surface area contributed by atoms with E-state index in [4.69, 9.17) is 0 Å². The predicted molar refractivity (Wildman–Crippen MR) is 75.7 cm³/mol. The first-order valence-electron chi connectivity index (χ1n) is 7.27. The van der Waals surface area contributed by atoms with E-state index in [1.807, 2.05) is 0 Å². The second kappa shape index (κ2) is 6.17. The van der Waals surface area contributed by atoms with Crippen LogP contribution in [0.5, 0.6) is 0 Å². The summed E-state index contributed by atoms with van der Waals surface area (Å²) in [5.74, 6) is 0.986. The highest BCUT2D eigenvalue weighted by molar-refractivity contribution is 5.35. The summed E-state index contributed by atoms with van der Waals surface area (Å²) in [5.41, 5.74) is 1.59. The van der Waals surface area contributed by atoms with Gasteiger partial charge in [-0.1, -0.05) is 39.5 Å². The molecule has 0 atom stereocenters. The molecule has 3 heteroatoms. The average molecular weight is 247 g/mol. The standard InChI is InChI=1S/C15H25N3/c1-3-7-13-10-14(18-12-17-13)16-11-15(2)8-5-4-6-9-15/h10,12H,3-9,11H2,1-2H3,(H,16,17,18). The predicted octanol–water partition coefficient (Wildman–Crippen LogP) is 3.81. The van der Waals surface area contributed by atoms with E-state index < -0.39 is 0 Å². The zero-order valence-corrected chi connectivity index (χ0v) is 11.7. The third-order valence-electron chi connectivity index (χ3n) is 3.99. The van der Waals surface area contributed by atoms with Crippen LogP contribution < -0.4 is 5.32 Å². The summed E-state index contributed by atoms with van der Waals surface area (Å²) in [5, 5.41) is 3.50. The summed E-state index contributed by atoms with van der Waals surface area (Å²) in [6.07, 6.45) is 10.7. The SMILES string of the molecule is CCCc1cc(NCC2(C)CCCCC2)ncn1. The zero-order valence-electron chi connectivity index (χ0n) is 11.7. The monoisotopic (exact) mass is 247 g/mol. The molecule has 0 radical (unpaired) electrons. The lowest BCUT2D eigenvalue weighted by Gasteiger charge is -2.33. The molecule has 0 saturated heterocycles. The summed E-state index contributed by atoms with van der Waals surface area (Å²) in [7, 11) is 0. The van der Waals surface area contributed by atoms with Crippen molar-refractivity contribution >= 4 is 5.82 Å². The fourth-order valence-electron chi connectivity index (χ4n) is 2.77. The number of nitrogens with one attached hydrogen (secondary N) is 1. The molecule has 3 nitrogen and oxygen atoms in total. The quantitative estimate of drug-likeness (QED) is 0.859. The third kappa shape index (κ3) is 3.69. The highest BCUT2D eigenvalue weighted by atomic mass is 15.0. The molecule has 2 rings (SSSR count). The molecule has 18 heavy (non-hydrogen) atoms. The van der Waals surface area contributed by atoms with E-state index in [1.165, 1.54) is 32.1 Å². The van der Waals surface area contributed by atoms with Crippen LogP contribution in [-0.2, 0) is 6.42 Å². The maximum atomic E-state index is 4.31. The Bertz CT molecular complexity index is 370. The minimum absolute atomic E-state index is 0.452. The summed E-state index contributed by atoms with van der Waals surface area (Å²) in [4.78, 5) is 8.61. The summed E-state index contributed by atoms with van der Waals surface area (Å²) in [6, 6.07) is 2.09. The van der Waals surface area contributed by atoms with E-state index in [0.29, 0.717) is 5.41 Å². The fraction of sp³-hybridized carbons (Fsp3) is 0.733. The van der Waals surface area contributed by atoms with Gasteiger partial charge in [-0.05, 0) is 24.7 Å². The lowest BCUT2D eigenvalue weighted by atomic mass is 9.76. The number of anilines is 1. The van der Waals surface area contributed by atoms with E-state index in [2.05, 4.69) is 35.2 Å². The maximum absolute atomic E-state index is 4.31. The van der Waals surface area contributed by atoms with Crippen LogP contribution in [-0.4, -0.2) is 16.5 Å². The van der Waals surface area contributed by atoms with Crippen molar-refractivity contribution in [1.82, 2.24) is 9.97 Å². The molecule has 0 spiro atoms. The lowest BCUT2D eigenvalue weighted by Crippen LogP contribution is -2.29. The van der Waals surface area contributed by atoms with Gasteiger partial charge < -0.3 is 5.32 Å². The topological polar surface area (TPSA) is 37.8 Å². The van der Waals surface area contributed by atoms with Gasteiger partial charge in [0, 0.05) is 18.3 Å². The molecule has 0 unspecified atom stereocenters. The number of aryl methyl sites for hydroxylation is 1. The Balaban J connectivity index is 1.90. The van der Waals surface area contributed by atoms with Crippen molar-refractivity contribution in [2.24, 2.45) is 5.41 Å². The van der Waals surface area contributed by atoms with Crippen LogP contribution in [0.15, 0.2) is 12.4 Å². The highest BCUT2D eigenvalue weighted by Crippen LogP contribution is 2.35. The van der Waals surface area contributed by atoms with E-state index in [9.17, 15) is 0 Å². The first-order valence-corrected chi connectivity index (χ1v) is 7.27.